The molecule has 0 radical (unpaired) electrons. The monoisotopic (exact) mass is 439 g/mol. The van der Waals surface area contributed by atoms with Crippen LogP contribution in [0.5, 0.6) is 0 Å². The van der Waals surface area contributed by atoms with Crippen molar-refractivity contribution in [2.24, 2.45) is 0 Å². The minimum atomic E-state index is -0.119. The van der Waals surface area contributed by atoms with E-state index < -0.39 is 0 Å². The first-order chi connectivity index (χ1) is 14.5. The lowest BCUT2D eigenvalue weighted by atomic mass is 10.1. The minimum Gasteiger partial charge on any atom is -0.368 e. The number of allylic oxidation sites excluding steroid dienone is 2. The second-order valence-corrected chi connectivity index (χ2v) is 8.24. The van der Waals surface area contributed by atoms with Crippen LogP contribution >= 0.6 is 23.2 Å². The molecular weight excluding hydrogens is 417 g/mol. The van der Waals surface area contributed by atoms with Crippen LogP contribution in [0.1, 0.15) is 5.56 Å². The van der Waals surface area contributed by atoms with Crippen LogP contribution in [-0.2, 0) is 4.79 Å². The van der Waals surface area contributed by atoms with Crippen molar-refractivity contribution in [1.82, 2.24) is 4.90 Å². The van der Waals surface area contributed by atoms with Crippen molar-refractivity contribution in [3.8, 4) is 0 Å². The fourth-order valence-corrected chi connectivity index (χ4v) is 3.93. The van der Waals surface area contributed by atoms with Gasteiger partial charge in [-0.15, -0.1) is 0 Å². The van der Waals surface area contributed by atoms with E-state index in [4.69, 9.17) is 23.2 Å². The van der Waals surface area contributed by atoms with E-state index in [1.807, 2.05) is 36.4 Å². The number of likely N-dealkylation sites (N-methyl/N-ethyl adjacent to an activating group) is 1. The van der Waals surface area contributed by atoms with Gasteiger partial charge in [0, 0.05) is 43.6 Å². The van der Waals surface area contributed by atoms with Gasteiger partial charge in [-0.3, -0.25) is 9.69 Å². The Morgan fingerprint density at radius 1 is 0.933 bits per heavy atom. The van der Waals surface area contributed by atoms with Crippen LogP contribution in [0.4, 0.5) is 11.4 Å². The number of amides is 1. The molecule has 6 heteroatoms. The molecule has 0 saturated carbocycles. The molecule has 2 heterocycles. The van der Waals surface area contributed by atoms with E-state index in [1.54, 1.807) is 29.3 Å². The summed E-state index contributed by atoms with van der Waals surface area (Å²) in [5.41, 5.74) is 3.46. The molecule has 0 aromatic heterocycles. The number of carbonyl (C=O) groups is 1. The van der Waals surface area contributed by atoms with Crippen molar-refractivity contribution in [2.45, 2.75) is 0 Å². The second kappa shape index (κ2) is 9.09. The number of benzene rings is 2. The van der Waals surface area contributed by atoms with Crippen LogP contribution in [-0.4, -0.2) is 44.0 Å². The smallest absolute Gasteiger partial charge is 0.262 e. The maximum absolute atomic E-state index is 13.3. The molecule has 4 rings (SSSR count). The Morgan fingerprint density at radius 3 is 2.47 bits per heavy atom. The predicted molar refractivity (Wildman–Crippen MR) is 126 cm³/mol. The first-order valence-electron chi connectivity index (χ1n) is 9.90. The van der Waals surface area contributed by atoms with Crippen molar-refractivity contribution in [3.63, 3.8) is 0 Å². The molecule has 2 aromatic rings. The molecule has 2 aliphatic heterocycles. The van der Waals surface area contributed by atoms with E-state index in [-0.39, 0.29) is 5.91 Å². The van der Waals surface area contributed by atoms with Crippen molar-refractivity contribution in [1.29, 1.82) is 0 Å². The number of nitrogens with zero attached hydrogens (tertiary/aromatic N) is 3. The van der Waals surface area contributed by atoms with Gasteiger partial charge in [0.25, 0.3) is 5.91 Å². The van der Waals surface area contributed by atoms with Gasteiger partial charge < -0.3 is 9.80 Å². The van der Waals surface area contributed by atoms with Crippen LogP contribution in [0.3, 0.4) is 0 Å². The molecule has 2 aromatic carbocycles. The van der Waals surface area contributed by atoms with Gasteiger partial charge >= 0.3 is 0 Å². The highest BCUT2D eigenvalue weighted by molar-refractivity contribution is 6.42. The lowest BCUT2D eigenvalue weighted by Gasteiger charge is -2.35. The molecule has 4 nitrogen and oxygen atoms in total. The largest absolute Gasteiger partial charge is 0.368 e. The maximum Gasteiger partial charge on any atom is 0.262 e. The number of halogens is 2. The quantitative estimate of drug-likeness (QED) is 0.611. The maximum atomic E-state index is 13.3. The Labute approximate surface area is 187 Å². The molecule has 0 N–H and O–H groups in total. The number of rotatable bonds is 3. The first kappa shape index (κ1) is 20.7. The summed E-state index contributed by atoms with van der Waals surface area (Å²) in [6.07, 6.45) is 9.26. The number of piperazine rings is 1. The molecule has 30 heavy (non-hydrogen) atoms. The number of hydrogen-bond acceptors (Lipinski definition) is 3. The Kier molecular flexibility index (Phi) is 6.28. The SMILES string of the molecule is CN1CCN(c2ccccc2/C=C2\C=CC=CN(c3ccc(Cl)c(Cl)c3)C2=O)CC1. The molecule has 2 aliphatic rings. The topological polar surface area (TPSA) is 26.8 Å². The van der Waals surface area contributed by atoms with Crippen LogP contribution in [0.15, 0.2) is 72.5 Å². The van der Waals surface area contributed by atoms with Crippen LogP contribution in [0, 0.1) is 0 Å². The third-order valence-electron chi connectivity index (χ3n) is 5.36. The van der Waals surface area contributed by atoms with Crippen LogP contribution in [0.2, 0.25) is 10.0 Å². The molecule has 1 amide bonds. The zero-order valence-corrected chi connectivity index (χ0v) is 18.3. The normalized spacial score (nSPS) is 18.9. The zero-order chi connectivity index (χ0) is 21.1. The summed E-state index contributed by atoms with van der Waals surface area (Å²) in [5.74, 6) is -0.119. The number of carbonyl (C=O) groups excluding carboxylic acids is 1. The summed E-state index contributed by atoms with van der Waals surface area (Å²) < 4.78 is 0. The summed E-state index contributed by atoms with van der Waals surface area (Å²) in [7, 11) is 2.14. The molecular formula is C24H23Cl2N3O. The third-order valence-corrected chi connectivity index (χ3v) is 6.10. The van der Waals surface area contributed by atoms with E-state index in [0.717, 1.165) is 37.4 Å². The van der Waals surface area contributed by atoms with Gasteiger partial charge in [-0.2, -0.15) is 0 Å². The molecule has 154 valence electrons. The number of para-hydroxylation sites is 1. The lowest BCUT2D eigenvalue weighted by molar-refractivity contribution is -0.114. The van der Waals surface area contributed by atoms with E-state index in [1.165, 1.54) is 0 Å². The van der Waals surface area contributed by atoms with E-state index in [0.29, 0.717) is 21.3 Å². The molecule has 1 fully saturated rings. The van der Waals surface area contributed by atoms with Gasteiger partial charge in [-0.25, -0.2) is 0 Å². The minimum absolute atomic E-state index is 0.119. The lowest BCUT2D eigenvalue weighted by Crippen LogP contribution is -2.44. The highest BCUT2D eigenvalue weighted by Crippen LogP contribution is 2.30. The summed E-state index contributed by atoms with van der Waals surface area (Å²) >= 11 is 12.2. The van der Waals surface area contributed by atoms with Gasteiger partial charge in [0.1, 0.15) is 0 Å². The molecule has 1 saturated heterocycles. The Hall–Kier alpha value is -2.53. The Bertz CT molecular complexity index is 1040. The fourth-order valence-electron chi connectivity index (χ4n) is 3.63. The van der Waals surface area contributed by atoms with Gasteiger partial charge in [0.05, 0.1) is 15.7 Å². The zero-order valence-electron chi connectivity index (χ0n) is 16.8. The predicted octanol–water partition coefficient (Wildman–Crippen LogP) is 5.25. The third kappa shape index (κ3) is 4.46. The molecule has 0 spiro atoms. The summed E-state index contributed by atoms with van der Waals surface area (Å²) in [6.45, 7) is 3.99. The van der Waals surface area contributed by atoms with Gasteiger partial charge in [-0.05, 0) is 55.1 Å². The van der Waals surface area contributed by atoms with E-state index >= 15 is 0 Å². The van der Waals surface area contributed by atoms with Crippen LogP contribution < -0.4 is 9.80 Å². The van der Waals surface area contributed by atoms with Crippen LogP contribution in [0.25, 0.3) is 6.08 Å². The van der Waals surface area contributed by atoms with Crippen molar-refractivity contribution in [3.05, 3.63) is 88.1 Å². The Balaban J connectivity index is 1.66. The molecule has 0 bridgehead atoms. The fraction of sp³-hybridized carbons (Fsp3) is 0.208. The molecule has 0 atom stereocenters. The van der Waals surface area contributed by atoms with E-state index in [9.17, 15) is 4.79 Å². The number of anilines is 2. The van der Waals surface area contributed by atoms with Crippen molar-refractivity contribution >= 4 is 46.6 Å². The average molecular weight is 440 g/mol. The van der Waals surface area contributed by atoms with Crippen molar-refractivity contribution < 1.29 is 4.79 Å². The summed E-state index contributed by atoms with van der Waals surface area (Å²) in [5, 5.41) is 0.875. The van der Waals surface area contributed by atoms with Gasteiger partial charge in [0.15, 0.2) is 0 Å². The van der Waals surface area contributed by atoms with Crippen molar-refractivity contribution in [2.75, 3.05) is 43.0 Å². The highest BCUT2D eigenvalue weighted by Gasteiger charge is 2.21. The highest BCUT2D eigenvalue weighted by atomic mass is 35.5. The first-order valence-corrected chi connectivity index (χ1v) is 10.7. The average Bonchev–Trinajstić information content (AvgIpc) is 2.93. The van der Waals surface area contributed by atoms with Gasteiger partial charge in [-0.1, -0.05) is 47.5 Å². The summed E-state index contributed by atoms with van der Waals surface area (Å²) in [4.78, 5) is 19.6. The second-order valence-electron chi connectivity index (χ2n) is 7.42. The number of hydrogen-bond donors (Lipinski definition) is 0. The Morgan fingerprint density at radius 2 is 1.70 bits per heavy atom. The summed E-state index contributed by atoms with van der Waals surface area (Å²) in [6, 6.07) is 13.4. The molecule has 0 aliphatic carbocycles. The standard InChI is InChI=1S/C24H23Cl2N3O/c1-27-12-14-28(15-13-27)23-8-3-2-6-18(23)16-19-7-4-5-11-29(24(19)30)20-9-10-21(25)22(26)17-20/h2-11,16-17H,12-15H2,1H3/b19-16+. The van der Waals surface area contributed by atoms with Gasteiger partial charge in [0.2, 0.25) is 0 Å². The molecule has 0 unspecified atom stereocenters. The van der Waals surface area contributed by atoms with E-state index in [2.05, 4.69) is 29.0 Å².